The quantitative estimate of drug-likeness (QED) is 0.524. The van der Waals surface area contributed by atoms with Gasteiger partial charge in [-0.15, -0.1) is 0 Å². The Balaban J connectivity index is 1.95. The molecule has 3 nitrogen and oxygen atoms in total. The third kappa shape index (κ3) is 2.35. The second-order valence-corrected chi connectivity index (χ2v) is 4.52. The van der Waals surface area contributed by atoms with E-state index in [-0.39, 0.29) is 0 Å². The number of benzene rings is 1. The second kappa shape index (κ2) is 5.16. The second-order valence-electron chi connectivity index (χ2n) is 4.52. The average molecular weight is 295 g/mol. The lowest BCUT2D eigenvalue weighted by Gasteiger charge is -2.06. The minimum absolute atomic E-state index is 0.571. The predicted octanol–water partition coefficient (Wildman–Crippen LogP) is 3.40. The molecule has 1 aromatic carbocycles. The van der Waals surface area contributed by atoms with Crippen molar-refractivity contribution in [1.29, 1.82) is 0 Å². The fourth-order valence-corrected chi connectivity index (χ4v) is 2.23. The monoisotopic (exact) mass is 295 g/mol. The SMILES string of the molecule is Fc1nc(F)c(F)c(NN=C2CCc3ccccc32)c1F. The first kappa shape index (κ1) is 13.5. The highest BCUT2D eigenvalue weighted by atomic mass is 19.2. The summed E-state index contributed by atoms with van der Waals surface area (Å²) in [6, 6.07) is 7.43. The first-order chi connectivity index (χ1) is 10.1. The Morgan fingerprint density at radius 2 is 1.62 bits per heavy atom. The Bertz CT molecular complexity index is 717. The lowest BCUT2D eigenvalue weighted by molar-refractivity contribution is 0.411. The number of hydrogen-bond acceptors (Lipinski definition) is 3. The number of hydrazone groups is 1. The van der Waals surface area contributed by atoms with Crippen molar-refractivity contribution in [3.63, 3.8) is 0 Å². The van der Waals surface area contributed by atoms with Crippen LogP contribution in [0.2, 0.25) is 0 Å². The van der Waals surface area contributed by atoms with Crippen LogP contribution in [-0.2, 0) is 6.42 Å². The number of pyridine rings is 1. The molecule has 0 atom stereocenters. The lowest BCUT2D eigenvalue weighted by Crippen LogP contribution is -2.07. The van der Waals surface area contributed by atoms with Crippen LogP contribution in [0.15, 0.2) is 29.4 Å². The number of nitrogens with one attached hydrogen (secondary N) is 1. The molecule has 0 saturated heterocycles. The highest BCUT2D eigenvalue weighted by molar-refractivity contribution is 6.04. The fourth-order valence-electron chi connectivity index (χ4n) is 2.23. The van der Waals surface area contributed by atoms with E-state index in [1.54, 1.807) is 0 Å². The minimum atomic E-state index is -1.72. The molecule has 7 heteroatoms. The van der Waals surface area contributed by atoms with Gasteiger partial charge < -0.3 is 0 Å². The first-order valence-electron chi connectivity index (χ1n) is 6.18. The van der Waals surface area contributed by atoms with Gasteiger partial charge in [-0.05, 0) is 18.4 Å². The normalized spacial score (nSPS) is 15.3. The van der Waals surface area contributed by atoms with E-state index in [0.29, 0.717) is 12.1 Å². The van der Waals surface area contributed by atoms with Gasteiger partial charge in [0.05, 0.1) is 5.71 Å². The number of aryl methyl sites for hydroxylation is 1. The smallest absolute Gasteiger partial charge is 0.254 e. The molecule has 0 saturated carbocycles. The standard InChI is InChI=1S/C14H9F4N3/c15-10-12(11(16)14(18)19-13(10)17)21-20-9-6-5-7-3-1-2-4-8(7)9/h1-4H,5-6H2,(H,19,21). The van der Waals surface area contributed by atoms with E-state index in [1.165, 1.54) is 0 Å². The minimum Gasteiger partial charge on any atom is -0.272 e. The zero-order valence-electron chi connectivity index (χ0n) is 10.6. The summed E-state index contributed by atoms with van der Waals surface area (Å²) in [7, 11) is 0. The van der Waals surface area contributed by atoms with Crippen molar-refractivity contribution in [2.24, 2.45) is 5.10 Å². The van der Waals surface area contributed by atoms with Crippen molar-refractivity contribution in [2.45, 2.75) is 12.8 Å². The molecule has 0 amide bonds. The molecule has 108 valence electrons. The Labute approximate surface area is 117 Å². The number of fused-ring (bicyclic) bond motifs is 1. The molecule has 0 bridgehead atoms. The van der Waals surface area contributed by atoms with Crippen molar-refractivity contribution in [1.82, 2.24) is 4.98 Å². The molecule has 0 fully saturated rings. The maximum absolute atomic E-state index is 13.4. The van der Waals surface area contributed by atoms with Crippen molar-refractivity contribution in [3.8, 4) is 0 Å². The van der Waals surface area contributed by atoms with Gasteiger partial charge in [-0.3, -0.25) is 5.43 Å². The van der Waals surface area contributed by atoms with Gasteiger partial charge in [0, 0.05) is 5.56 Å². The van der Waals surface area contributed by atoms with E-state index in [9.17, 15) is 17.6 Å². The first-order valence-corrected chi connectivity index (χ1v) is 6.18. The van der Waals surface area contributed by atoms with E-state index in [2.05, 4.69) is 15.5 Å². The number of anilines is 1. The highest BCUT2D eigenvalue weighted by Crippen LogP contribution is 2.25. The Kier molecular flexibility index (Phi) is 3.32. The van der Waals surface area contributed by atoms with Gasteiger partial charge in [0.2, 0.25) is 11.6 Å². The fraction of sp³-hybridized carbons (Fsp3) is 0.143. The average Bonchev–Trinajstić information content (AvgIpc) is 2.89. The van der Waals surface area contributed by atoms with Crippen LogP contribution in [0.1, 0.15) is 17.5 Å². The van der Waals surface area contributed by atoms with E-state index in [0.717, 1.165) is 17.5 Å². The van der Waals surface area contributed by atoms with E-state index >= 15 is 0 Å². The summed E-state index contributed by atoms with van der Waals surface area (Å²) in [6.07, 6.45) is 1.33. The molecule has 21 heavy (non-hydrogen) atoms. The maximum atomic E-state index is 13.4. The Hall–Kier alpha value is -2.44. The van der Waals surface area contributed by atoms with Crippen LogP contribution < -0.4 is 5.43 Å². The zero-order chi connectivity index (χ0) is 15.0. The molecule has 3 rings (SSSR count). The summed E-state index contributed by atoms with van der Waals surface area (Å²) < 4.78 is 52.8. The third-order valence-electron chi connectivity index (χ3n) is 3.26. The van der Waals surface area contributed by atoms with Crippen molar-refractivity contribution < 1.29 is 17.6 Å². The molecule has 1 aliphatic rings. The zero-order valence-corrected chi connectivity index (χ0v) is 10.6. The van der Waals surface area contributed by atoms with Crippen LogP contribution in [0.3, 0.4) is 0 Å². The molecule has 1 aromatic heterocycles. The number of hydrogen-bond donors (Lipinski definition) is 1. The third-order valence-corrected chi connectivity index (χ3v) is 3.26. The molecule has 0 unspecified atom stereocenters. The molecule has 0 radical (unpaired) electrons. The van der Waals surface area contributed by atoms with Crippen LogP contribution in [0.4, 0.5) is 23.2 Å². The predicted molar refractivity (Wildman–Crippen MR) is 69.0 cm³/mol. The van der Waals surface area contributed by atoms with Crippen molar-refractivity contribution >= 4 is 11.4 Å². The maximum Gasteiger partial charge on any atom is 0.254 e. The number of halogens is 4. The summed E-state index contributed by atoms with van der Waals surface area (Å²) in [5.74, 6) is -6.65. The number of nitrogens with zero attached hydrogens (tertiary/aromatic N) is 2. The molecule has 1 N–H and O–H groups in total. The molecule has 0 aliphatic heterocycles. The molecular weight excluding hydrogens is 286 g/mol. The molecule has 0 spiro atoms. The van der Waals surface area contributed by atoms with Gasteiger partial charge in [-0.1, -0.05) is 24.3 Å². The van der Waals surface area contributed by atoms with Crippen LogP contribution in [-0.4, -0.2) is 10.7 Å². The summed E-state index contributed by atoms with van der Waals surface area (Å²) in [6.45, 7) is 0. The topological polar surface area (TPSA) is 37.3 Å². The van der Waals surface area contributed by atoms with Gasteiger partial charge in [-0.25, -0.2) is 0 Å². The molecular formula is C14H9F4N3. The van der Waals surface area contributed by atoms with Gasteiger partial charge >= 0.3 is 0 Å². The van der Waals surface area contributed by atoms with Crippen molar-refractivity contribution in [3.05, 3.63) is 58.9 Å². The van der Waals surface area contributed by atoms with Crippen LogP contribution in [0.5, 0.6) is 0 Å². The lowest BCUT2D eigenvalue weighted by atomic mass is 10.1. The largest absolute Gasteiger partial charge is 0.272 e. The molecule has 1 aliphatic carbocycles. The van der Waals surface area contributed by atoms with Crippen LogP contribution in [0, 0.1) is 23.5 Å². The van der Waals surface area contributed by atoms with Crippen molar-refractivity contribution in [2.75, 3.05) is 5.43 Å². The number of aromatic nitrogens is 1. The summed E-state index contributed by atoms with van der Waals surface area (Å²) in [5, 5.41) is 3.86. The summed E-state index contributed by atoms with van der Waals surface area (Å²) >= 11 is 0. The van der Waals surface area contributed by atoms with Crippen LogP contribution in [0.25, 0.3) is 0 Å². The Morgan fingerprint density at radius 3 is 2.33 bits per heavy atom. The van der Waals surface area contributed by atoms with Gasteiger partial charge in [0.15, 0.2) is 0 Å². The van der Waals surface area contributed by atoms with Gasteiger partial charge in [0.25, 0.3) is 11.9 Å². The summed E-state index contributed by atoms with van der Waals surface area (Å²) in [5.41, 5.74) is 3.56. The van der Waals surface area contributed by atoms with E-state index in [4.69, 9.17) is 0 Å². The highest BCUT2D eigenvalue weighted by Gasteiger charge is 2.22. The van der Waals surface area contributed by atoms with Crippen LogP contribution >= 0.6 is 0 Å². The van der Waals surface area contributed by atoms with E-state index in [1.807, 2.05) is 24.3 Å². The van der Waals surface area contributed by atoms with Gasteiger partial charge in [0.1, 0.15) is 5.69 Å². The number of rotatable bonds is 2. The van der Waals surface area contributed by atoms with Gasteiger partial charge in [-0.2, -0.15) is 27.6 Å². The Morgan fingerprint density at radius 1 is 0.952 bits per heavy atom. The molecule has 2 aromatic rings. The van der Waals surface area contributed by atoms with E-state index < -0.39 is 29.2 Å². The molecule has 1 heterocycles. The summed E-state index contributed by atoms with van der Waals surface area (Å²) in [4.78, 5) is 2.48.